The second-order valence-corrected chi connectivity index (χ2v) is 7.17. The molecule has 27 heavy (non-hydrogen) atoms. The van der Waals surface area contributed by atoms with Crippen LogP contribution in [0.2, 0.25) is 0 Å². The molecular weight excluding hydrogens is 358 g/mol. The topological polar surface area (TPSA) is 63.9 Å². The maximum Gasteiger partial charge on any atom is 0.246 e. The average Bonchev–Trinajstić information content (AvgIpc) is 3.17. The molecule has 1 aromatic heterocycles. The van der Waals surface area contributed by atoms with Crippen LogP contribution in [0.3, 0.4) is 0 Å². The van der Waals surface area contributed by atoms with Gasteiger partial charge < -0.3 is 4.90 Å². The maximum absolute atomic E-state index is 12.5. The van der Waals surface area contributed by atoms with Crippen LogP contribution in [0.4, 0.5) is 0 Å². The van der Waals surface area contributed by atoms with Gasteiger partial charge in [-0.15, -0.1) is 22.0 Å². The van der Waals surface area contributed by atoms with Crippen LogP contribution >= 0.6 is 11.8 Å². The lowest BCUT2D eigenvalue weighted by Gasteiger charge is -2.16. The number of aromatic nitrogens is 4. The third-order valence-electron chi connectivity index (χ3n) is 4.35. The van der Waals surface area contributed by atoms with Crippen LogP contribution in [-0.4, -0.2) is 44.3 Å². The van der Waals surface area contributed by atoms with E-state index < -0.39 is 0 Å². The Labute approximate surface area is 163 Å². The van der Waals surface area contributed by atoms with Gasteiger partial charge in [-0.05, 0) is 41.1 Å². The molecule has 0 saturated heterocycles. The first kappa shape index (κ1) is 19.1. The van der Waals surface area contributed by atoms with E-state index in [4.69, 9.17) is 0 Å². The summed E-state index contributed by atoms with van der Waals surface area (Å²) < 4.78 is 0. The van der Waals surface area contributed by atoms with Gasteiger partial charge in [0.05, 0.1) is 0 Å². The first-order valence-electron chi connectivity index (χ1n) is 8.83. The molecule has 0 aliphatic carbocycles. The van der Waals surface area contributed by atoms with E-state index in [1.165, 1.54) is 15.3 Å². The summed E-state index contributed by atoms with van der Waals surface area (Å²) in [6.45, 7) is 2.73. The molecule has 0 spiro atoms. The van der Waals surface area contributed by atoms with Crippen molar-refractivity contribution < 1.29 is 4.79 Å². The molecule has 2 aromatic carbocycles. The fraction of sp³-hybridized carbons (Fsp3) is 0.300. The Morgan fingerprint density at radius 2 is 1.74 bits per heavy atom. The van der Waals surface area contributed by atoms with Gasteiger partial charge in [-0.2, -0.15) is 4.80 Å². The van der Waals surface area contributed by atoms with Crippen LogP contribution in [0.1, 0.15) is 18.1 Å². The van der Waals surface area contributed by atoms with Crippen molar-refractivity contribution in [2.75, 3.05) is 13.3 Å². The van der Waals surface area contributed by atoms with Gasteiger partial charge in [0.25, 0.3) is 0 Å². The van der Waals surface area contributed by atoms with E-state index in [2.05, 4.69) is 46.6 Å². The van der Waals surface area contributed by atoms with Crippen LogP contribution in [0.5, 0.6) is 0 Å². The molecule has 0 radical (unpaired) electrons. The number of hydrogen-bond acceptors (Lipinski definition) is 5. The number of likely N-dealkylation sites (N-methyl/N-ethyl adjacent to an activating group) is 1. The number of nitrogens with zero attached hydrogens (tertiary/aromatic N) is 5. The van der Waals surface area contributed by atoms with Crippen LogP contribution in [0.15, 0.2) is 53.4 Å². The summed E-state index contributed by atoms with van der Waals surface area (Å²) >= 11 is 1.70. The summed E-state index contributed by atoms with van der Waals surface area (Å²) in [5, 5.41) is 12.4. The van der Waals surface area contributed by atoms with E-state index in [-0.39, 0.29) is 12.5 Å². The number of rotatable bonds is 7. The standard InChI is InChI=1S/C20H23N5OS/c1-4-15-5-9-17(10-6-15)20-21-23-25(22-20)14-19(26)24(2)13-16-7-11-18(27-3)12-8-16/h5-12H,4,13-14H2,1-3H3. The Kier molecular flexibility index (Phi) is 6.24. The summed E-state index contributed by atoms with van der Waals surface area (Å²) in [6, 6.07) is 16.3. The second kappa shape index (κ2) is 8.81. The van der Waals surface area contributed by atoms with Crippen molar-refractivity contribution in [1.82, 2.24) is 25.1 Å². The van der Waals surface area contributed by atoms with Crippen LogP contribution in [0.25, 0.3) is 11.4 Å². The SMILES string of the molecule is CCc1ccc(-c2nnn(CC(=O)N(C)Cc3ccc(SC)cc3)n2)cc1. The third kappa shape index (κ3) is 4.95. The van der Waals surface area contributed by atoms with E-state index in [1.54, 1.807) is 23.7 Å². The highest BCUT2D eigenvalue weighted by Gasteiger charge is 2.13. The normalized spacial score (nSPS) is 10.8. The molecule has 0 aliphatic heterocycles. The van der Waals surface area contributed by atoms with Crippen molar-refractivity contribution in [3.8, 4) is 11.4 Å². The van der Waals surface area contributed by atoms with Gasteiger partial charge in [0.15, 0.2) is 0 Å². The van der Waals surface area contributed by atoms with Gasteiger partial charge in [-0.1, -0.05) is 43.3 Å². The molecule has 6 nitrogen and oxygen atoms in total. The highest BCUT2D eigenvalue weighted by atomic mass is 32.2. The predicted octanol–water partition coefficient (Wildman–Crippen LogP) is 3.28. The van der Waals surface area contributed by atoms with Gasteiger partial charge in [0.1, 0.15) is 6.54 Å². The fourth-order valence-corrected chi connectivity index (χ4v) is 3.06. The van der Waals surface area contributed by atoms with Crippen molar-refractivity contribution in [2.24, 2.45) is 0 Å². The van der Waals surface area contributed by atoms with Gasteiger partial charge in [-0.25, -0.2) is 0 Å². The molecule has 0 saturated carbocycles. The van der Waals surface area contributed by atoms with Crippen molar-refractivity contribution >= 4 is 17.7 Å². The molecule has 140 valence electrons. The zero-order valence-corrected chi connectivity index (χ0v) is 16.6. The van der Waals surface area contributed by atoms with Gasteiger partial charge in [0.2, 0.25) is 11.7 Å². The average molecular weight is 382 g/mol. The minimum absolute atomic E-state index is 0.0609. The summed E-state index contributed by atoms with van der Waals surface area (Å²) in [5.41, 5.74) is 3.24. The van der Waals surface area contributed by atoms with E-state index >= 15 is 0 Å². The fourth-order valence-electron chi connectivity index (χ4n) is 2.65. The zero-order chi connectivity index (χ0) is 19.2. The zero-order valence-electron chi connectivity index (χ0n) is 15.8. The number of amides is 1. The number of hydrogen-bond donors (Lipinski definition) is 0. The predicted molar refractivity (Wildman–Crippen MR) is 107 cm³/mol. The van der Waals surface area contributed by atoms with Crippen molar-refractivity contribution in [2.45, 2.75) is 31.3 Å². The van der Waals surface area contributed by atoms with Crippen LogP contribution in [-0.2, 0) is 24.3 Å². The van der Waals surface area contributed by atoms with E-state index in [0.29, 0.717) is 12.4 Å². The molecule has 0 atom stereocenters. The largest absolute Gasteiger partial charge is 0.340 e. The molecular formula is C20H23N5OS. The highest BCUT2D eigenvalue weighted by Crippen LogP contribution is 2.16. The molecule has 3 aromatic rings. The molecule has 0 N–H and O–H groups in total. The maximum atomic E-state index is 12.5. The Bertz CT molecular complexity index is 889. The van der Waals surface area contributed by atoms with Crippen molar-refractivity contribution in [3.05, 3.63) is 59.7 Å². The smallest absolute Gasteiger partial charge is 0.246 e. The first-order chi connectivity index (χ1) is 13.1. The first-order valence-corrected chi connectivity index (χ1v) is 10.1. The monoisotopic (exact) mass is 381 g/mol. The minimum Gasteiger partial charge on any atom is -0.340 e. The Morgan fingerprint density at radius 3 is 2.37 bits per heavy atom. The van der Waals surface area contributed by atoms with Crippen LogP contribution < -0.4 is 0 Å². The summed E-state index contributed by atoms with van der Waals surface area (Å²) in [6.07, 6.45) is 3.03. The van der Waals surface area contributed by atoms with E-state index in [9.17, 15) is 4.79 Å². The number of carbonyl (C=O) groups excluding carboxylic acids is 1. The van der Waals surface area contributed by atoms with Gasteiger partial charge >= 0.3 is 0 Å². The molecule has 3 rings (SSSR count). The number of carbonyl (C=O) groups is 1. The highest BCUT2D eigenvalue weighted by molar-refractivity contribution is 7.98. The molecule has 0 fully saturated rings. The Balaban J connectivity index is 1.60. The number of aryl methyl sites for hydroxylation is 1. The molecule has 7 heteroatoms. The molecule has 0 unspecified atom stereocenters. The lowest BCUT2D eigenvalue weighted by molar-refractivity contribution is -0.131. The molecule has 1 amide bonds. The third-order valence-corrected chi connectivity index (χ3v) is 5.10. The Morgan fingerprint density at radius 1 is 1.07 bits per heavy atom. The molecule has 0 bridgehead atoms. The second-order valence-electron chi connectivity index (χ2n) is 6.29. The number of thioether (sulfide) groups is 1. The molecule has 0 aliphatic rings. The molecule has 1 heterocycles. The van der Waals surface area contributed by atoms with E-state index in [1.807, 2.05) is 30.5 Å². The van der Waals surface area contributed by atoms with E-state index in [0.717, 1.165) is 17.5 Å². The minimum atomic E-state index is -0.0609. The lowest BCUT2D eigenvalue weighted by atomic mass is 10.1. The number of tetrazole rings is 1. The van der Waals surface area contributed by atoms with Gasteiger partial charge in [-0.3, -0.25) is 4.79 Å². The lowest BCUT2D eigenvalue weighted by Crippen LogP contribution is -2.30. The summed E-state index contributed by atoms with van der Waals surface area (Å²) in [5.74, 6) is 0.468. The number of benzene rings is 2. The van der Waals surface area contributed by atoms with Crippen LogP contribution in [0, 0.1) is 0 Å². The van der Waals surface area contributed by atoms with Gasteiger partial charge in [0, 0.05) is 24.1 Å². The van der Waals surface area contributed by atoms with Crippen molar-refractivity contribution in [1.29, 1.82) is 0 Å². The summed E-state index contributed by atoms with van der Waals surface area (Å²) in [7, 11) is 1.78. The summed E-state index contributed by atoms with van der Waals surface area (Å²) in [4.78, 5) is 16.7. The Hall–Kier alpha value is -2.67. The quantitative estimate of drug-likeness (QED) is 0.588. The van der Waals surface area contributed by atoms with Crippen molar-refractivity contribution in [3.63, 3.8) is 0 Å².